The molecule has 0 bridgehead atoms. The van der Waals surface area contributed by atoms with Gasteiger partial charge < -0.3 is 5.73 Å². The molecule has 1 aromatic rings. The summed E-state index contributed by atoms with van der Waals surface area (Å²) in [6.07, 6.45) is 0.824. The first-order valence-electron chi connectivity index (χ1n) is 3.55. The predicted octanol–water partition coefficient (Wildman–Crippen LogP) is 1.52. The van der Waals surface area contributed by atoms with Gasteiger partial charge in [0.25, 0.3) is 0 Å². The van der Waals surface area contributed by atoms with Gasteiger partial charge >= 0.3 is 0 Å². The molecule has 58 valence electrons. The summed E-state index contributed by atoms with van der Waals surface area (Å²) in [5.74, 6) is 0. The monoisotopic (exact) mass is 149 g/mol. The molecule has 11 heavy (non-hydrogen) atoms. The van der Waals surface area contributed by atoms with Crippen LogP contribution in [0.3, 0.4) is 0 Å². The van der Waals surface area contributed by atoms with Gasteiger partial charge in [0.15, 0.2) is 0 Å². The molecule has 1 rings (SSSR count). The highest BCUT2D eigenvalue weighted by Crippen LogP contribution is 2.09. The zero-order valence-electron chi connectivity index (χ0n) is 6.45. The SMILES string of the molecule is C[C@H](N)c1ccc(C=O)cc1. The maximum absolute atomic E-state index is 10.3. The Labute approximate surface area is 66.0 Å². The van der Waals surface area contributed by atoms with Crippen molar-refractivity contribution in [2.45, 2.75) is 13.0 Å². The standard InChI is InChI=1S/C9H11NO/c1-7(10)9-4-2-8(6-11)3-5-9/h2-7H,10H2,1H3/t7-/m0/s1. The molecule has 2 heteroatoms. The average Bonchev–Trinajstić information content (AvgIpc) is 2.05. The Balaban J connectivity index is 2.91. The number of hydrogen-bond acceptors (Lipinski definition) is 2. The van der Waals surface area contributed by atoms with Gasteiger partial charge in [-0.15, -0.1) is 0 Å². The second-order valence-corrected chi connectivity index (χ2v) is 2.57. The molecule has 1 atom stereocenters. The highest BCUT2D eigenvalue weighted by atomic mass is 16.1. The molecule has 0 unspecified atom stereocenters. The third-order valence-corrected chi connectivity index (χ3v) is 1.60. The van der Waals surface area contributed by atoms with Gasteiger partial charge in [-0.25, -0.2) is 0 Å². The third kappa shape index (κ3) is 1.88. The van der Waals surface area contributed by atoms with Crippen LogP contribution in [0, 0.1) is 0 Å². The summed E-state index contributed by atoms with van der Waals surface area (Å²) in [6, 6.07) is 7.32. The Morgan fingerprint density at radius 3 is 2.27 bits per heavy atom. The minimum atomic E-state index is 0.0377. The van der Waals surface area contributed by atoms with E-state index < -0.39 is 0 Å². The molecule has 0 aromatic heterocycles. The van der Waals surface area contributed by atoms with Gasteiger partial charge in [0.05, 0.1) is 0 Å². The second kappa shape index (κ2) is 3.30. The number of carbonyl (C=O) groups excluding carboxylic acids is 1. The lowest BCUT2D eigenvalue weighted by Crippen LogP contribution is -2.04. The van der Waals surface area contributed by atoms with Crippen LogP contribution in [0.1, 0.15) is 28.9 Å². The van der Waals surface area contributed by atoms with Gasteiger partial charge in [0, 0.05) is 11.6 Å². The molecular weight excluding hydrogens is 138 g/mol. The van der Waals surface area contributed by atoms with Crippen molar-refractivity contribution in [3.63, 3.8) is 0 Å². The maximum atomic E-state index is 10.3. The number of carbonyl (C=O) groups is 1. The van der Waals surface area contributed by atoms with Crippen LogP contribution in [0.2, 0.25) is 0 Å². The third-order valence-electron chi connectivity index (χ3n) is 1.60. The maximum Gasteiger partial charge on any atom is 0.150 e. The molecule has 0 saturated heterocycles. The van der Waals surface area contributed by atoms with Crippen LogP contribution in [0.5, 0.6) is 0 Å². The molecule has 2 nitrogen and oxygen atoms in total. The fourth-order valence-corrected chi connectivity index (χ4v) is 0.878. The van der Waals surface area contributed by atoms with E-state index in [1.54, 1.807) is 12.1 Å². The smallest absolute Gasteiger partial charge is 0.150 e. The molecule has 1 aromatic carbocycles. The zero-order valence-corrected chi connectivity index (χ0v) is 6.45. The molecule has 0 aliphatic heterocycles. The highest BCUT2D eigenvalue weighted by Gasteiger charge is 1.97. The summed E-state index contributed by atoms with van der Waals surface area (Å²) in [5.41, 5.74) is 7.36. The first-order chi connectivity index (χ1) is 5.24. The largest absolute Gasteiger partial charge is 0.324 e. The molecule has 0 radical (unpaired) electrons. The van der Waals surface area contributed by atoms with Gasteiger partial charge in [-0.3, -0.25) is 4.79 Å². The number of aldehydes is 1. The van der Waals surface area contributed by atoms with Gasteiger partial charge in [-0.05, 0) is 12.5 Å². The first kappa shape index (κ1) is 7.95. The molecule has 0 aliphatic carbocycles. The lowest BCUT2D eigenvalue weighted by molar-refractivity contribution is 0.112. The van der Waals surface area contributed by atoms with Crippen LogP contribution in [-0.2, 0) is 0 Å². The van der Waals surface area contributed by atoms with Crippen LogP contribution < -0.4 is 5.73 Å². The zero-order chi connectivity index (χ0) is 8.27. The number of nitrogens with two attached hydrogens (primary N) is 1. The predicted molar refractivity (Wildman–Crippen MR) is 44.4 cm³/mol. The molecule has 0 spiro atoms. The number of benzene rings is 1. The minimum absolute atomic E-state index is 0.0377. The minimum Gasteiger partial charge on any atom is -0.324 e. The quantitative estimate of drug-likeness (QED) is 0.648. The molecule has 2 N–H and O–H groups in total. The first-order valence-corrected chi connectivity index (χ1v) is 3.55. The Morgan fingerprint density at radius 2 is 1.91 bits per heavy atom. The Kier molecular flexibility index (Phi) is 2.39. The summed E-state index contributed by atoms with van der Waals surface area (Å²) in [7, 11) is 0. The van der Waals surface area contributed by atoms with Crippen LogP contribution >= 0.6 is 0 Å². The lowest BCUT2D eigenvalue weighted by atomic mass is 10.1. The van der Waals surface area contributed by atoms with Crippen molar-refractivity contribution in [1.29, 1.82) is 0 Å². The molecule has 0 aliphatic rings. The summed E-state index contributed by atoms with van der Waals surface area (Å²) in [4.78, 5) is 10.3. The summed E-state index contributed by atoms with van der Waals surface area (Å²) in [5, 5.41) is 0. The van der Waals surface area contributed by atoms with Gasteiger partial charge in [0.2, 0.25) is 0 Å². The Hall–Kier alpha value is -1.15. The Morgan fingerprint density at radius 1 is 1.36 bits per heavy atom. The topological polar surface area (TPSA) is 43.1 Å². The molecule has 0 heterocycles. The van der Waals surface area contributed by atoms with Crippen LogP contribution in [0.4, 0.5) is 0 Å². The van der Waals surface area contributed by atoms with E-state index in [1.807, 2.05) is 19.1 Å². The van der Waals surface area contributed by atoms with E-state index in [9.17, 15) is 4.79 Å². The van der Waals surface area contributed by atoms with Crippen LogP contribution in [0.15, 0.2) is 24.3 Å². The fraction of sp³-hybridized carbons (Fsp3) is 0.222. The van der Waals surface area contributed by atoms with Gasteiger partial charge in [-0.2, -0.15) is 0 Å². The molecule has 0 fully saturated rings. The molecule has 0 saturated carbocycles. The van der Waals surface area contributed by atoms with E-state index in [2.05, 4.69) is 0 Å². The average molecular weight is 149 g/mol. The lowest BCUT2D eigenvalue weighted by Gasteiger charge is -2.03. The molecular formula is C9H11NO. The normalized spacial score (nSPS) is 12.5. The van der Waals surface area contributed by atoms with Crippen LogP contribution in [-0.4, -0.2) is 6.29 Å². The van der Waals surface area contributed by atoms with Crippen molar-refractivity contribution in [2.75, 3.05) is 0 Å². The molecule has 0 amide bonds. The van der Waals surface area contributed by atoms with Gasteiger partial charge in [-0.1, -0.05) is 24.3 Å². The summed E-state index contributed by atoms with van der Waals surface area (Å²) >= 11 is 0. The van der Waals surface area contributed by atoms with Gasteiger partial charge in [0.1, 0.15) is 6.29 Å². The van der Waals surface area contributed by atoms with E-state index >= 15 is 0 Å². The van der Waals surface area contributed by atoms with E-state index in [-0.39, 0.29) is 6.04 Å². The van der Waals surface area contributed by atoms with Crippen molar-refractivity contribution < 1.29 is 4.79 Å². The van der Waals surface area contributed by atoms with Crippen LogP contribution in [0.25, 0.3) is 0 Å². The summed E-state index contributed by atoms with van der Waals surface area (Å²) in [6.45, 7) is 1.91. The summed E-state index contributed by atoms with van der Waals surface area (Å²) < 4.78 is 0. The van der Waals surface area contributed by atoms with E-state index in [0.29, 0.717) is 5.56 Å². The van der Waals surface area contributed by atoms with Crippen molar-refractivity contribution >= 4 is 6.29 Å². The van der Waals surface area contributed by atoms with Crippen molar-refractivity contribution in [2.24, 2.45) is 5.73 Å². The van der Waals surface area contributed by atoms with E-state index in [1.165, 1.54) is 0 Å². The Bertz CT molecular complexity index is 238. The number of hydrogen-bond donors (Lipinski definition) is 1. The van der Waals surface area contributed by atoms with E-state index in [0.717, 1.165) is 11.8 Å². The second-order valence-electron chi connectivity index (χ2n) is 2.57. The van der Waals surface area contributed by atoms with E-state index in [4.69, 9.17) is 5.73 Å². The highest BCUT2D eigenvalue weighted by molar-refractivity contribution is 5.74. The van der Waals surface area contributed by atoms with Crippen molar-refractivity contribution in [3.8, 4) is 0 Å². The van der Waals surface area contributed by atoms with Crippen molar-refractivity contribution in [1.82, 2.24) is 0 Å². The number of rotatable bonds is 2. The van der Waals surface area contributed by atoms with Crippen molar-refractivity contribution in [3.05, 3.63) is 35.4 Å². The fourth-order valence-electron chi connectivity index (χ4n) is 0.878.